The van der Waals surface area contributed by atoms with Crippen LogP contribution in [0.5, 0.6) is 5.75 Å². The van der Waals surface area contributed by atoms with E-state index in [9.17, 15) is 13.2 Å². The first-order valence-electron chi connectivity index (χ1n) is 8.01. The topological polar surface area (TPSA) is 92.7 Å². The van der Waals surface area contributed by atoms with E-state index < -0.39 is 10.1 Å². The van der Waals surface area contributed by atoms with E-state index in [-0.39, 0.29) is 16.6 Å². The number of carbonyl (C=O) groups is 1. The molecule has 1 amide bonds. The van der Waals surface area contributed by atoms with Gasteiger partial charge in [0.05, 0.1) is 17.7 Å². The van der Waals surface area contributed by atoms with E-state index in [4.69, 9.17) is 9.29 Å². The van der Waals surface area contributed by atoms with Crippen molar-refractivity contribution in [2.24, 2.45) is 0 Å². The van der Waals surface area contributed by atoms with Gasteiger partial charge in [-0.25, -0.2) is 0 Å². The fourth-order valence-corrected chi connectivity index (χ4v) is 3.07. The Hall–Kier alpha value is -3.16. The van der Waals surface area contributed by atoms with Gasteiger partial charge in [-0.15, -0.1) is 0 Å². The highest BCUT2D eigenvalue weighted by atomic mass is 32.2. The fourth-order valence-electron chi connectivity index (χ4n) is 2.57. The highest BCUT2D eigenvalue weighted by molar-refractivity contribution is 7.85. The average Bonchev–Trinajstić information content (AvgIpc) is 2.68. The summed E-state index contributed by atoms with van der Waals surface area (Å²) < 4.78 is 36.6. The van der Waals surface area contributed by atoms with Gasteiger partial charge in [0.2, 0.25) is 0 Å². The number of amides is 1. The largest absolute Gasteiger partial charge is 0.495 e. The van der Waals surface area contributed by atoms with E-state index in [1.165, 1.54) is 19.2 Å². The van der Waals surface area contributed by atoms with Crippen LogP contribution < -0.4 is 10.1 Å². The lowest BCUT2D eigenvalue weighted by atomic mass is 10.0. The summed E-state index contributed by atoms with van der Waals surface area (Å²) in [6, 6.07) is 20.6. The van der Waals surface area contributed by atoms with Crippen LogP contribution in [-0.4, -0.2) is 26.0 Å². The van der Waals surface area contributed by atoms with E-state index in [2.05, 4.69) is 5.32 Å². The molecule has 0 saturated carbocycles. The fraction of sp³-hybridized carbons (Fsp3) is 0.0500. The molecule has 27 heavy (non-hydrogen) atoms. The van der Waals surface area contributed by atoms with Crippen LogP contribution in [0, 0.1) is 0 Å². The van der Waals surface area contributed by atoms with Crippen LogP contribution in [0.15, 0.2) is 77.7 Å². The zero-order chi connectivity index (χ0) is 19.4. The maximum Gasteiger partial charge on any atom is 0.294 e. The van der Waals surface area contributed by atoms with E-state index in [0.29, 0.717) is 11.3 Å². The molecule has 138 valence electrons. The number of nitrogens with one attached hydrogen (secondary N) is 1. The van der Waals surface area contributed by atoms with Crippen LogP contribution in [-0.2, 0) is 10.1 Å². The number of rotatable bonds is 5. The van der Waals surface area contributed by atoms with Crippen LogP contribution in [0.3, 0.4) is 0 Å². The second kappa shape index (κ2) is 7.61. The van der Waals surface area contributed by atoms with Crippen molar-refractivity contribution >= 4 is 21.7 Å². The molecule has 3 rings (SSSR count). The van der Waals surface area contributed by atoms with Crippen molar-refractivity contribution in [3.05, 3.63) is 78.4 Å². The number of anilines is 1. The lowest BCUT2D eigenvalue weighted by Gasteiger charge is -2.11. The Labute approximate surface area is 157 Å². The van der Waals surface area contributed by atoms with Crippen molar-refractivity contribution in [3.63, 3.8) is 0 Å². The van der Waals surface area contributed by atoms with Crippen molar-refractivity contribution in [2.75, 3.05) is 12.4 Å². The van der Waals surface area contributed by atoms with Gasteiger partial charge in [-0.05, 0) is 35.4 Å². The molecule has 0 aliphatic rings. The van der Waals surface area contributed by atoms with Crippen molar-refractivity contribution in [1.82, 2.24) is 0 Å². The highest BCUT2D eigenvalue weighted by Gasteiger charge is 2.15. The maximum absolute atomic E-state index is 12.5. The second-order valence-electron chi connectivity index (χ2n) is 5.73. The Morgan fingerprint density at radius 2 is 1.56 bits per heavy atom. The molecule has 0 aliphatic heterocycles. The Morgan fingerprint density at radius 3 is 2.15 bits per heavy atom. The molecule has 0 spiro atoms. The zero-order valence-electron chi connectivity index (χ0n) is 14.4. The van der Waals surface area contributed by atoms with Crippen LogP contribution in [0.25, 0.3) is 11.1 Å². The molecule has 0 saturated heterocycles. The van der Waals surface area contributed by atoms with Crippen molar-refractivity contribution in [2.45, 2.75) is 4.90 Å². The number of benzene rings is 3. The summed E-state index contributed by atoms with van der Waals surface area (Å²) in [7, 11) is -3.02. The smallest absolute Gasteiger partial charge is 0.294 e. The molecule has 3 aromatic carbocycles. The van der Waals surface area contributed by atoms with Crippen LogP contribution in [0.4, 0.5) is 5.69 Å². The molecule has 0 heterocycles. The summed E-state index contributed by atoms with van der Waals surface area (Å²) >= 11 is 0. The number of ether oxygens (including phenoxy) is 1. The standard InChI is InChI=1S/C20H17NO5S/c1-26-19-13-17(27(23,24)25)11-12-18(19)21-20(22)16-9-7-15(8-10-16)14-5-3-2-4-6-14/h2-13H,1H3,(H,21,22)(H,23,24,25). The summed E-state index contributed by atoms with van der Waals surface area (Å²) in [5.41, 5.74) is 2.77. The lowest BCUT2D eigenvalue weighted by molar-refractivity contribution is 0.102. The molecule has 0 fully saturated rings. The van der Waals surface area contributed by atoms with Gasteiger partial charge in [-0.1, -0.05) is 42.5 Å². The van der Waals surface area contributed by atoms with Gasteiger partial charge < -0.3 is 10.1 Å². The monoisotopic (exact) mass is 383 g/mol. The van der Waals surface area contributed by atoms with Crippen LogP contribution in [0.1, 0.15) is 10.4 Å². The average molecular weight is 383 g/mol. The number of methoxy groups -OCH3 is 1. The molecular weight excluding hydrogens is 366 g/mol. The van der Waals surface area contributed by atoms with E-state index >= 15 is 0 Å². The minimum Gasteiger partial charge on any atom is -0.495 e. The third-order valence-electron chi connectivity index (χ3n) is 3.97. The number of carbonyl (C=O) groups excluding carboxylic acids is 1. The Balaban J connectivity index is 1.81. The zero-order valence-corrected chi connectivity index (χ0v) is 15.2. The summed E-state index contributed by atoms with van der Waals surface area (Å²) in [4.78, 5) is 12.2. The molecule has 0 atom stereocenters. The lowest BCUT2D eigenvalue weighted by Crippen LogP contribution is -2.13. The van der Waals surface area contributed by atoms with Gasteiger partial charge in [0.15, 0.2) is 0 Å². The van der Waals surface area contributed by atoms with Gasteiger partial charge >= 0.3 is 0 Å². The van der Waals surface area contributed by atoms with Crippen molar-refractivity contribution < 1.29 is 22.5 Å². The molecule has 0 unspecified atom stereocenters. The van der Waals surface area contributed by atoms with E-state index in [0.717, 1.165) is 17.2 Å². The molecular formula is C20H17NO5S. The molecule has 2 N–H and O–H groups in total. The van der Waals surface area contributed by atoms with Crippen molar-refractivity contribution in [3.8, 4) is 16.9 Å². The first-order valence-corrected chi connectivity index (χ1v) is 9.45. The third kappa shape index (κ3) is 4.33. The minimum atomic E-state index is -4.36. The van der Waals surface area contributed by atoms with Crippen LogP contribution in [0.2, 0.25) is 0 Å². The molecule has 6 nitrogen and oxygen atoms in total. The first kappa shape index (κ1) is 18.6. The third-order valence-corrected chi connectivity index (χ3v) is 4.82. The molecule has 0 aliphatic carbocycles. The first-order chi connectivity index (χ1) is 12.9. The predicted molar refractivity (Wildman–Crippen MR) is 103 cm³/mol. The number of hydrogen-bond donors (Lipinski definition) is 2. The SMILES string of the molecule is COc1cc(S(=O)(=O)O)ccc1NC(=O)c1ccc(-c2ccccc2)cc1. The maximum atomic E-state index is 12.5. The molecule has 0 aromatic heterocycles. The normalized spacial score (nSPS) is 11.0. The van der Waals surface area contributed by atoms with Gasteiger partial charge in [-0.2, -0.15) is 8.42 Å². The molecule has 0 bridgehead atoms. The minimum absolute atomic E-state index is 0.124. The number of hydrogen-bond acceptors (Lipinski definition) is 4. The van der Waals surface area contributed by atoms with E-state index in [1.807, 2.05) is 42.5 Å². The quantitative estimate of drug-likeness (QED) is 0.653. The molecule has 7 heteroatoms. The summed E-state index contributed by atoms with van der Waals surface area (Å²) in [5.74, 6) is -0.244. The summed E-state index contributed by atoms with van der Waals surface area (Å²) in [6.45, 7) is 0. The highest BCUT2D eigenvalue weighted by Crippen LogP contribution is 2.28. The predicted octanol–water partition coefficient (Wildman–Crippen LogP) is 3.86. The summed E-state index contributed by atoms with van der Waals surface area (Å²) in [6.07, 6.45) is 0. The Kier molecular flexibility index (Phi) is 5.25. The van der Waals surface area contributed by atoms with Gasteiger partial charge in [0.25, 0.3) is 16.0 Å². The van der Waals surface area contributed by atoms with E-state index in [1.54, 1.807) is 12.1 Å². The van der Waals surface area contributed by atoms with Gasteiger partial charge in [0, 0.05) is 11.6 Å². The van der Waals surface area contributed by atoms with Gasteiger partial charge in [0.1, 0.15) is 5.75 Å². The van der Waals surface area contributed by atoms with Crippen LogP contribution >= 0.6 is 0 Å². The second-order valence-corrected chi connectivity index (χ2v) is 7.16. The molecule has 0 radical (unpaired) electrons. The Morgan fingerprint density at radius 1 is 0.926 bits per heavy atom. The van der Waals surface area contributed by atoms with Crippen molar-refractivity contribution in [1.29, 1.82) is 0 Å². The van der Waals surface area contributed by atoms with Gasteiger partial charge in [-0.3, -0.25) is 9.35 Å². The molecule has 3 aromatic rings. The summed E-state index contributed by atoms with van der Waals surface area (Å²) in [5, 5.41) is 2.68. The Bertz CT molecular complexity index is 1060.